The van der Waals surface area contributed by atoms with Gasteiger partial charge in [-0.3, -0.25) is 19.3 Å². The van der Waals surface area contributed by atoms with Crippen LogP contribution in [-0.2, 0) is 15.7 Å². The van der Waals surface area contributed by atoms with E-state index in [2.05, 4.69) is 11.4 Å². The number of likely N-dealkylation sites (N-methyl/N-ethyl adjacent to an activating group) is 1. The minimum atomic E-state index is -4.63. The van der Waals surface area contributed by atoms with Gasteiger partial charge in [0.25, 0.3) is 17.7 Å². The van der Waals surface area contributed by atoms with Crippen LogP contribution in [0.5, 0.6) is 0 Å². The highest BCUT2D eigenvalue weighted by Crippen LogP contribution is 2.53. The maximum Gasteiger partial charge on any atom is 0.416 e. The van der Waals surface area contributed by atoms with Crippen LogP contribution in [0.2, 0.25) is 0 Å². The zero-order valence-electron chi connectivity index (χ0n) is 24.2. The normalized spacial score (nSPS) is 28.3. The van der Waals surface area contributed by atoms with E-state index in [4.69, 9.17) is 9.84 Å². The van der Waals surface area contributed by atoms with Crippen molar-refractivity contribution in [2.75, 3.05) is 24.7 Å². The molecule has 5 aliphatic rings. The van der Waals surface area contributed by atoms with E-state index in [-0.39, 0.29) is 47.6 Å². The van der Waals surface area contributed by atoms with Crippen LogP contribution in [0.3, 0.4) is 0 Å². The molecular weight excluding hydrogens is 577 g/mol. The highest BCUT2D eigenvalue weighted by Gasteiger charge is 2.57. The number of hydrogen-bond acceptors (Lipinski definition) is 6. The van der Waals surface area contributed by atoms with Crippen LogP contribution in [0, 0.1) is 23.2 Å². The summed E-state index contributed by atoms with van der Waals surface area (Å²) in [6, 6.07) is 4.59. The molecule has 1 N–H and O–H groups in total. The Morgan fingerprint density at radius 1 is 1.14 bits per heavy atom. The number of carbonyl (C=O) groups excluding carboxylic acids is 3. The number of fused-ring (bicyclic) bond motifs is 2. The fraction of sp³-hybridized carbons (Fsp3) is 0.581. The molecule has 2 aromatic rings. The van der Waals surface area contributed by atoms with Gasteiger partial charge >= 0.3 is 6.18 Å². The monoisotopic (exact) mass is 610 g/mol. The highest BCUT2D eigenvalue weighted by molar-refractivity contribution is 6.07. The third-order valence-electron chi connectivity index (χ3n) is 9.81. The van der Waals surface area contributed by atoms with Gasteiger partial charge in [0.2, 0.25) is 0 Å². The first-order chi connectivity index (χ1) is 21.1. The first-order valence-corrected chi connectivity index (χ1v) is 15.3. The number of nitrogens with zero attached hydrogens (tertiary/aromatic N) is 5. The molecule has 4 heterocycles. The molecule has 2 aliphatic carbocycles. The lowest BCUT2D eigenvalue weighted by Gasteiger charge is -2.39. The Balaban J connectivity index is 1.33. The van der Waals surface area contributed by atoms with Gasteiger partial charge in [-0.05, 0) is 75.5 Å². The van der Waals surface area contributed by atoms with Crippen molar-refractivity contribution >= 4 is 23.5 Å². The van der Waals surface area contributed by atoms with E-state index in [9.17, 15) is 32.8 Å². The molecule has 44 heavy (non-hydrogen) atoms. The van der Waals surface area contributed by atoms with E-state index >= 15 is 0 Å². The molecule has 0 spiro atoms. The van der Waals surface area contributed by atoms with E-state index in [1.54, 1.807) is 16.5 Å². The van der Waals surface area contributed by atoms with E-state index in [1.165, 1.54) is 11.0 Å². The summed E-state index contributed by atoms with van der Waals surface area (Å²) in [7, 11) is 0. The number of likely N-dealkylation sites (tertiary alicyclic amines) is 1. The van der Waals surface area contributed by atoms with Gasteiger partial charge in [0, 0.05) is 42.8 Å². The van der Waals surface area contributed by atoms with Crippen LogP contribution >= 0.6 is 0 Å². The van der Waals surface area contributed by atoms with E-state index in [0.29, 0.717) is 49.8 Å². The second-order valence-electron chi connectivity index (χ2n) is 12.5. The number of aromatic nitrogens is 2. The van der Waals surface area contributed by atoms with Crippen molar-refractivity contribution in [1.82, 2.24) is 20.0 Å². The highest BCUT2D eigenvalue weighted by atomic mass is 19.4. The number of benzene rings is 1. The Kier molecular flexibility index (Phi) is 6.95. The predicted octanol–water partition coefficient (Wildman–Crippen LogP) is 4.04. The lowest BCUT2D eigenvalue weighted by Crippen LogP contribution is -2.56. The number of alkyl halides is 3. The van der Waals surface area contributed by atoms with Gasteiger partial charge in [0.1, 0.15) is 17.9 Å². The Labute approximate surface area is 252 Å². The number of halogens is 3. The third kappa shape index (κ3) is 4.74. The number of ether oxygens (including phenoxy) is 1. The lowest BCUT2D eigenvalue weighted by atomic mass is 9.82. The van der Waals surface area contributed by atoms with E-state index in [1.807, 2.05) is 0 Å². The summed E-state index contributed by atoms with van der Waals surface area (Å²) in [6.45, 7) is 3.05. The number of nitrogens with one attached hydrogen (secondary N) is 1. The van der Waals surface area contributed by atoms with Gasteiger partial charge in [0.15, 0.2) is 5.69 Å². The molecule has 0 bridgehead atoms. The molecule has 13 heteroatoms. The fourth-order valence-electron chi connectivity index (χ4n) is 7.42. The molecule has 3 amide bonds. The largest absolute Gasteiger partial charge is 0.416 e. The summed E-state index contributed by atoms with van der Waals surface area (Å²) in [4.78, 5) is 45.2. The zero-order chi connectivity index (χ0) is 30.9. The molecule has 2 saturated heterocycles. The molecule has 1 aromatic carbocycles. The molecule has 10 nitrogen and oxygen atoms in total. The predicted molar refractivity (Wildman–Crippen MR) is 150 cm³/mol. The van der Waals surface area contributed by atoms with Gasteiger partial charge in [-0.1, -0.05) is 6.07 Å². The van der Waals surface area contributed by atoms with Gasteiger partial charge in [-0.25, -0.2) is 4.68 Å². The second kappa shape index (κ2) is 10.6. The maximum absolute atomic E-state index is 14.3. The van der Waals surface area contributed by atoms with Gasteiger partial charge in [0.05, 0.1) is 17.7 Å². The van der Waals surface area contributed by atoms with Crippen molar-refractivity contribution < 1.29 is 32.3 Å². The van der Waals surface area contributed by atoms with Crippen LogP contribution < -0.4 is 10.2 Å². The Hall–Kier alpha value is -3.92. The average Bonchev–Trinajstić information content (AvgIpc) is 3.94. The number of anilines is 1. The first kappa shape index (κ1) is 28.8. The second-order valence-corrected chi connectivity index (χ2v) is 12.5. The summed E-state index contributed by atoms with van der Waals surface area (Å²) in [5.74, 6) is -1.32. The van der Waals surface area contributed by atoms with E-state index in [0.717, 1.165) is 37.5 Å². The summed E-state index contributed by atoms with van der Waals surface area (Å²) in [5, 5.41) is 17.5. The van der Waals surface area contributed by atoms with Crippen LogP contribution in [0.4, 0.5) is 19.0 Å². The minimum Gasteiger partial charge on any atom is -0.381 e. The topological polar surface area (TPSA) is 121 Å². The van der Waals surface area contributed by atoms with E-state index < -0.39 is 35.6 Å². The van der Waals surface area contributed by atoms with Crippen LogP contribution in [0.15, 0.2) is 24.3 Å². The number of amides is 3. The smallest absolute Gasteiger partial charge is 0.381 e. The molecule has 5 atom stereocenters. The quantitative estimate of drug-likeness (QED) is 0.527. The first-order valence-electron chi connectivity index (χ1n) is 15.3. The number of carbonyl (C=O) groups is 3. The SMILES string of the molecule is CCN1C(=O)[C@@H](NC(=O)c2cccc(C(F)(F)F)c2)[C@@H](C2CC2)c2c(C(=O)N3[C@H](C#N)C[C@@H]4C[C@@H]43)nn(C3CCOCC3)c21. The number of hydrogen-bond donors (Lipinski definition) is 1. The summed E-state index contributed by atoms with van der Waals surface area (Å²) >= 11 is 0. The lowest BCUT2D eigenvalue weighted by molar-refractivity contribution is -0.137. The van der Waals surface area contributed by atoms with Gasteiger partial charge in [-0.2, -0.15) is 23.5 Å². The molecule has 3 aliphatic heterocycles. The van der Waals surface area contributed by atoms with Crippen LogP contribution in [0.25, 0.3) is 0 Å². The fourth-order valence-corrected chi connectivity index (χ4v) is 7.42. The Morgan fingerprint density at radius 2 is 1.89 bits per heavy atom. The Morgan fingerprint density at radius 3 is 2.55 bits per heavy atom. The van der Waals surface area contributed by atoms with Crippen molar-refractivity contribution in [3.8, 4) is 6.07 Å². The number of nitriles is 1. The summed E-state index contributed by atoms with van der Waals surface area (Å²) in [6.07, 6.45) is -0.341. The average molecular weight is 611 g/mol. The number of piperidine rings is 1. The van der Waals surface area contributed by atoms with Gasteiger partial charge in [-0.15, -0.1) is 0 Å². The standard InChI is InChI=1S/C31H33F3N6O4/c1-2-38-28-24(23(16-6-7-16)25(29(38)42)36-27(41)17-4-3-5-19(12-17)31(32,33)34)26(37-40(28)20-8-10-44-11-9-20)30(43)39-21(15-35)13-18-14-22(18)39/h3-5,12,16,18,20-23,25H,2,6-11,13-14H2,1H3,(H,36,41)/t18-,21+,22+,23+,25+/m1/s1. The molecule has 232 valence electrons. The summed E-state index contributed by atoms with van der Waals surface area (Å²) < 4.78 is 47.6. The van der Waals surface area contributed by atoms with Crippen LogP contribution in [0.1, 0.15) is 89.4 Å². The third-order valence-corrected chi connectivity index (χ3v) is 9.81. The molecule has 0 unspecified atom stereocenters. The number of rotatable bonds is 6. The molecule has 1 aromatic heterocycles. The molecule has 2 saturated carbocycles. The molecule has 0 radical (unpaired) electrons. The van der Waals surface area contributed by atoms with Crippen LogP contribution in [-0.4, -0.2) is 70.3 Å². The van der Waals surface area contributed by atoms with Crippen molar-refractivity contribution in [3.63, 3.8) is 0 Å². The van der Waals surface area contributed by atoms with Crippen molar-refractivity contribution in [2.45, 2.75) is 81.7 Å². The molecule has 7 rings (SSSR count). The Bertz CT molecular complexity index is 1560. The van der Waals surface area contributed by atoms with Crippen molar-refractivity contribution in [3.05, 3.63) is 46.6 Å². The minimum absolute atomic E-state index is 0.0145. The van der Waals surface area contributed by atoms with Crippen molar-refractivity contribution in [1.29, 1.82) is 5.26 Å². The van der Waals surface area contributed by atoms with Gasteiger partial charge < -0.3 is 15.0 Å². The molecular formula is C31H33F3N6O4. The van der Waals surface area contributed by atoms with Crippen molar-refractivity contribution in [2.24, 2.45) is 11.8 Å². The molecule has 4 fully saturated rings. The maximum atomic E-state index is 14.3. The zero-order valence-corrected chi connectivity index (χ0v) is 24.2. The summed E-state index contributed by atoms with van der Waals surface area (Å²) in [5.41, 5.74) is -0.391.